The van der Waals surface area contributed by atoms with Gasteiger partial charge in [0.15, 0.2) is 0 Å². The van der Waals surface area contributed by atoms with Crippen molar-refractivity contribution in [3.05, 3.63) is 11.4 Å². The number of ether oxygens (including phenoxy) is 1. The second-order valence-corrected chi connectivity index (χ2v) is 5.08. The minimum Gasteiger partial charge on any atom is -0.384 e. The van der Waals surface area contributed by atoms with Crippen molar-refractivity contribution in [1.29, 1.82) is 0 Å². The number of hydrogen-bond donors (Lipinski definition) is 2. The fraction of sp³-hybridized carbons (Fsp3) is 0.636. The molecule has 0 bridgehead atoms. The van der Waals surface area contributed by atoms with E-state index in [0.29, 0.717) is 12.4 Å². The molecule has 1 rings (SSSR count). The summed E-state index contributed by atoms with van der Waals surface area (Å²) < 4.78 is 5.03. The van der Waals surface area contributed by atoms with E-state index < -0.39 is 0 Å². The van der Waals surface area contributed by atoms with Crippen LogP contribution in [0.5, 0.6) is 0 Å². The highest BCUT2D eigenvalue weighted by Crippen LogP contribution is 2.26. The van der Waals surface area contributed by atoms with Crippen LogP contribution < -0.4 is 11.3 Å². The molecule has 1 aromatic heterocycles. The third kappa shape index (κ3) is 3.83. The first-order valence-electron chi connectivity index (χ1n) is 5.57. The van der Waals surface area contributed by atoms with Crippen LogP contribution in [0.3, 0.4) is 0 Å². The summed E-state index contributed by atoms with van der Waals surface area (Å²) in [5.74, 6) is 8.13. The topological polar surface area (TPSA) is 73.1 Å². The predicted octanol–water partition coefficient (Wildman–Crippen LogP) is 1.93. The molecule has 6 heteroatoms. The zero-order valence-corrected chi connectivity index (χ0v) is 11.6. The summed E-state index contributed by atoms with van der Waals surface area (Å²) in [5, 5.41) is 0.966. The third-order valence-corrected chi connectivity index (χ3v) is 3.34. The Hall–Kier alpha value is -0.850. The Morgan fingerprint density at radius 1 is 1.41 bits per heavy atom. The van der Waals surface area contributed by atoms with Crippen molar-refractivity contribution < 1.29 is 4.74 Å². The van der Waals surface area contributed by atoms with E-state index in [9.17, 15) is 0 Å². The summed E-state index contributed by atoms with van der Waals surface area (Å²) in [6, 6.07) is 0. The van der Waals surface area contributed by atoms with Crippen LogP contribution in [0, 0.1) is 6.92 Å². The van der Waals surface area contributed by atoms with Crippen LogP contribution in [0.2, 0.25) is 0 Å². The molecular weight excluding hydrogens is 236 g/mol. The molecule has 96 valence electrons. The molecule has 0 atom stereocenters. The number of rotatable bonds is 6. The van der Waals surface area contributed by atoms with Gasteiger partial charge in [-0.1, -0.05) is 13.8 Å². The van der Waals surface area contributed by atoms with E-state index in [1.54, 1.807) is 18.9 Å². The van der Waals surface area contributed by atoms with E-state index in [2.05, 4.69) is 29.2 Å². The number of methoxy groups -OCH3 is 1. The molecular formula is C11H20N4OS. The van der Waals surface area contributed by atoms with Gasteiger partial charge in [-0.2, -0.15) is 0 Å². The average molecular weight is 256 g/mol. The zero-order chi connectivity index (χ0) is 12.8. The highest BCUT2D eigenvalue weighted by atomic mass is 32.2. The van der Waals surface area contributed by atoms with Crippen LogP contribution in [-0.4, -0.2) is 29.4 Å². The van der Waals surface area contributed by atoms with Gasteiger partial charge in [-0.05, 0) is 6.92 Å². The number of nitrogens with two attached hydrogens (primary N) is 1. The summed E-state index contributed by atoms with van der Waals surface area (Å²) in [7, 11) is 1.69. The Kier molecular flexibility index (Phi) is 5.67. The molecule has 17 heavy (non-hydrogen) atoms. The SMILES string of the molecule is COCCSc1nc(C(C)C)nc(NN)c1C. The summed E-state index contributed by atoms with van der Waals surface area (Å²) in [6.45, 7) is 6.80. The van der Waals surface area contributed by atoms with Crippen molar-refractivity contribution in [2.24, 2.45) is 5.84 Å². The quantitative estimate of drug-likeness (QED) is 0.266. The molecule has 0 amide bonds. The van der Waals surface area contributed by atoms with E-state index in [0.717, 1.165) is 22.2 Å². The maximum Gasteiger partial charge on any atom is 0.147 e. The normalized spacial score (nSPS) is 10.9. The average Bonchev–Trinajstić information content (AvgIpc) is 2.31. The number of anilines is 1. The van der Waals surface area contributed by atoms with Gasteiger partial charge in [0.25, 0.3) is 0 Å². The number of hydrogen-bond acceptors (Lipinski definition) is 6. The second-order valence-electron chi connectivity index (χ2n) is 4.00. The lowest BCUT2D eigenvalue weighted by Gasteiger charge is -2.13. The molecule has 0 saturated heterocycles. The van der Waals surface area contributed by atoms with Gasteiger partial charge < -0.3 is 10.2 Å². The van der Waals surface area contributed by atoms with Crippen molar-refractivity contribution in [2.75, 3.05) is 24.9 Å². The monoisotopic (exact) mass is 256 g/mol. The van der Waals surface area contributed by atoms with Crippen molar-refractivity contribution in [1.82, 2.24) is 9.97 Å². The molecule has 0 unspecified atom stereocenters. The maximum absolute atomic E-state index is 5.47. The van der Waals surface area contributed by atoms with Gasteiger partial charge in [0, 0.05) is 24.3 Å². The van der Waals surface area contributed by atoms with Crippen LogP contribution in [-0.2, 0) is 4.74 Å². The number of hydrazine groups is 1. The van der Waals surface area contributed by atoms with E-state index in [4.69, 9.17) is 10.6 Å². The van der Waals surface area contributed by atoms with Gasteiger partial charge in [0.2, 0.25) is 0 Å². The number of aromatic nitrogens is 2. The summed E-state index contributed by atoms with van der Waals surface area (Å²) >= 11 is 1.66. The van der Waals surface area contributed by atoms with Gasteiger partial charge in [0.1, 0.15) is 16.7 Å². The van der Waals surface area contributed by atoms with Gasteiger partial charge in [-0.25, -0.2) is 15.8 Å². The molecule has 3 N–H and O–H groups in total. The molecule has 1 aromatic rings. The van der Waals surface area contributed by atoms with Crippen LogP contribution in [0.15, 0.2) is 5.03 Å². The predicted molar refractivity (Wildman–Crippen MR) is 71.3 cm³/mol. The molecule has 0 radical (unpaired) electrons. The first kappa shape index (κ1) is 14.2. The van der Waals surface area contributed by atoms with Gasteiger partial charge in [-0.15, -0.1) is 11.8 Å². The van der Waals surface area contributed by atoms with Crippen molar-refractivity contribution >= 4 is 17.6 Å². The molecule has 1 heterocycles. The molecule has 0 aliphatic heterocycles. The summed E-state index contributed by atoms with van der Waals surface area (Å²) in [6.07, 6.45) is 0. The van der Waals surface area contributed by atoms with Crippen LogP contribution in [0.25, 0.3) is 0 Å². The first-order chi connectivity index (χ1) is 8.10. The third-order valence-electron chi connectivity index (χ3n) is 2.30. The fourth-order valence-electron chi connectivity index (χ4n) is 1.27. The minimum absolute atomic E-state index is 0.282. The lowest BCUT2D eigenvalue weighted by molar-refractivity contribution is 0.218. The van der Waals surface area contributed by atoms with Gasteiger partial charge >= 0.3 is 0 Å². The number of thioether (sulfide) groups is 1. The Balaban J connectivity index is 2.96. The molecule has 0 aromatic carbocycles. The highest BCUT2D eigenvalue weighted by molar-refractivity contribution is 7.99. The summed E-state index contributed by atoms with van der Waals surface area (Å²) in [5.41, 5.74) is 3.61. The van der Waals surface area contributed by atoms with Crippen molar-refractivity contribution in [3.63, 3.8) is 0 Å². The van der Waals surface area contributed by atoms with Crippen molar-refractivity contribution in [2.45, 2.75) is 31.7 Å². The van der Waals surface area contributed by atoms with E-state index in [1.165, 1.54) is 0 Å². The van der Waals surface area contributed by atoms with Crippen molar-refractivity contribution in [3.8, 4) is 0 Å². The standard InChI is InChI=1S/C11H20N4OS/c1-7(2)9-13-10(15-12)8(3)11(14-9)17-6-5-16-4/h7H,5-6,12H2,1-4H3,(H,13,14,15). The Bertz CT molecular complexity index is 371. The molecule has 5 nitrogen and oxygen atoms in total. The zero-order valence-electron chi connectivity index (χ0n) is 10.8. The smallest absolute Gasteiger partial charge is 0.147 e. The van der Waals surface area contributed by atoms with E-state index in [-0.39, 0.29) is 5.92 Å². The highest BCUT2D eigenvalue weighted by Gasteiger charge is 2.12. The van der Waals surface area contributed by atoms with E-state index in [1.807, 2.05) is 6.92 Å². The molecule has 0 aliphatic rings. The number of nitrogens with zero attached hydrogens (tertiary/aromatic N) is 2. The molecule has 0 spiro atoms. The molecule has 0 fully saturated rings. The van der Waals surface area contributed by atoms with Gasteiger partial charge in [-0.3, -0.25) is 0 Å². The summed E-state index contributed by atoms with van der Waals surface area (Å²) in [4.78, 5) is 8.94. The second kappa shape index (κ2) is 6.78. The lowest BCUT2D eigenvalue weighted by atomic mass is 10.2. The number of nitrogens with one attached hydrogen (secondary N) is 1. The Morgan fingerprint density at radius 3 is 2.65 bits per heavy atom. The van der Waals surface area contributed by atoms with Crippen LogP contribution in [0.4, 0.5) is 5.82 Å². The Morgan fingerprint density at radius 2 is 2.12 bits per heavy atom. The maximum atomic E-state index is 5.47. The number of nitrogen functional groups attached to an aromatic ring is 1. The minimum atomic E-state index is 0.282. The van der Waals surface area contributed by atoms with Crippen LogP contribution >= 0.6 is 11.8 Å². The molecule has 0 aliphatic carbocycles. The first-order valence-corrected chi connectivity index (χ1v) is 6.55. The van der Waals surface area contributed by atoms with Crippen LogP contribution in [0.1, 0.15) is 31.2 Å². The van der Waals surface area contributed by atoms with E-state index >= 15 is 0 Å². The fourth-order valence-corrected chi connectivity index (χ4v) is 2.19. The van der Waals surface area contributed by atoms with Gasteiger partial charge in [0.05, 0.1) is 6.61 Å². The molecule has 0 saturated carbocycles. The Labute approximate surface area is 107 Å². The largest absolute Gasteiger partial charge is 0.384 e. The lowest BCUT2D eigenvalue weighted by Crippen LogP contribution is -2.14.